The van der Waals surface area contributed by atoms with Crippen LogP contribution in [0.5, 0.6) is 5.75 Å². The second kappa shape index (κ2) is 5.47. The Morgan fingerprint density at radius 2 is 1.80 bits per heavy atom. The van der Waals surface area contributed by atoms with Crippen molar-refractivity contribution >= 4 is 26.3 Å². The number of benzene rings is 3. The highest BCUT2D eigenvalue weighted by molar-refractivity contribution is 7.91. The van der Waals surface area contributed by atoms with Crippen LogP contribution in [0.3, 0.4) is 0 Å². The molecular weight excluding hydrogens is 338 g/mol. The van der Waals surface area contributed by atoms with E-state index in [1.165, 1.54) is 12.1 Å². The van der Waals surface area contributed by atoms with Crippen LogP contribution in [0.15, 0.2) is 65.6 Å². The number of ether oxygens (including phenoxy) is 1. The Labute approximate surface area is 145 Å². The van der Waals surface area contributed by atoms with Crippen molar-refractivity contribution in [3.63, 3.8) is 0 Å². The summed E-state index contributed by atoms with van der Waals surface area (Å²) >= 11 is 0. The Hall–Kier alpha value is -2.57. The Kier molecular flexibility index (Phi) is 3.49. The van der Waals surface area contributed by atoms with Crippen LogP contribution in [0, 0.1) is 0 Å². The van der Waals surface area contributed by atoms with Gasteiger partial charge in [-0.3, -0.25) is 0 Å². The lowest BCUT2D eigenvalue weighted by Gasteiger charge is -2.23. The van der Waals surface area contributed by atoms with Crippen LogP contribution in [0.4, 0.5) is 5.69 Å². The van der Waals surface area contributed by atoms with Gasteiger partial charge in [0.15, 0.2) is 9.84 Å². The summed E-state index contributed by atoms with van der Waals surface area (Å²) in [6.45, 7) is 1.60. The van der Waals surface area contributed by atoms with Crippen LogP contribution in [0.25, 0.3) is 10.8 Å². The fourth-order valence-electron chi connectivity index (χ4n) is 2.95. The summed E-state index contributed by atoms with van der Waals surface area (Å²) in [4.78, 5) is 0.201. The zero-order valence-corrected chi connectivity index (χ0v) is 14.4. The van der Waals surface area contributed by atoms with E-state index in [-0.39, 0.29) is 10.6 Å². The van der Waals surface area contributed by atoms with Crippen LogP contribution in [0.1, 0.15) is 12.5 Å². The van der Waals surface area contributed by atoms with Crippen molar-refractivity contribution in [2.24, 2.45) is 0 Å². The summed E-state index contributed by atoms with van der Waals surface area (Å²) in [7, 11) is -3.33. The molecule has 0 aromatic heterocycles. The second-order valence-corrected chi connectivity index (χ2v) is 8.27. The van der Waals surface area contributed by atoms with E-state index in [9.17, 15) is 13.5 Å². The maximum absolute atomic E-state index is 12.0. The van der Waals surface area contributed by atoms with Gasteiger partial charge in [-0.25, -0.2) is 8.42 Å². The lowest BCUT2D eigenvalue weighted by molar-refractivity contribution is -0.108. The predicted molar refractivity (Wildman–Crippen MR) is 96.3 cm³/mol. The largest absolute Gasteiger partial charge is 0.438 e. The first-order chi connectivity index (χ1) is 11.9. The van der Waals surface area contributed by atoms with Crippen molar-refractivity contribution in [2.45, 2.75) is 17.7 Å². The molecule has 25 heavy (non-hydrogen) atoms. The molecule has 0 radical (unpaired) electrons. The van der Waals surface area contributed by atoms with Crippen LogP contribution in [-0.4, -0.2) is 19.3 Å². The molecule has 4 rings (SSSR count). The molecule has 6 heteroatoms. The molecule has 0 aliphatic carbocycles. The van der Waals surface area contributed by atoms with Crippen molar-refractivity contribution in [1.82, 2.24) is 0 Å². The molecule has 1 heterocycles. The molecule has 5 nitrogen and oxygen atoms in total. The van der Waals surface area contributed by atoms with E-state index in [1.807, 2.05) is 36.4 Å². The Morgan fingerprint density at radius 1 is 1.04 bits per heavy atom. The zero-order chi connectivity index (χ0) is 17.7. The van der Waals surface area contributed by atoms with E-state index in [0.29, 0.717) is 17.0 Å². The van der Waals surface area contributed by atoms with Gasteiger partial charge in [0.05, 0.1) is 16.3 Å². The van der Waals surface area contributed by atoms with Gasteiger partial charge in [-0.1, -0.05) is 37.3 Å². The lowest BCUT2D eigenvalue weighted by Crippen LogP contribution is -2.36. The molecule has 0 spiro atoms. The molecule has 2 N–H and O–H groups in total. The summed E-state index contributed by atoms with van der Waals surface area (Å²) < 4.78 is 29.8. The molecular formula is C19H17NO4S. The quantitative estimate of drug-likeness (QED) is 0.754. The first kappa shape index (κ1) is 15.9. The maximum Gasteiger partial charge on any atom is 0.318 e. The minimum Gasteiger partial charge on any atom is -0.438 e. The number of sulfone groups is 1. The third-order valence-electron chi connectivity index (χ3n) is 4.39. The molecule has 1 aliphatic rings. The first-order valence-corrected chi connectivity index (χ1v) is 9.62. The number of fused-ring (bicyclic) bond motifs is 2. The van der Waals surface area contributed by atoms with Gasteiger partial charge in [0.25, 0.3) is 0 Å². The normalized spacial score (nSPS) is 19.3. The Bertz CT molecular complexity index is 1080. The minimum atomic E-state index is -3.33. The molecule has 0 saturated heterocycles. The second-order valence-electron chi connectivity index (χ2n) is 5.99. The number of aliphatic hydroxyl groups is 1. The summed E-state index contributed by atoms with van der Waals surface area (Å²) in [5.41, 5.74) is 0.993. The number of rotatable bonds is 3. The SMILES string of the molecule is CCS(=O)(=O)c1ccc2c(c1)NC(O)(c1ccc3ccccc3c1)O2. The standard InChI is InChI=1S/C19H17NO4S/c1-2-25(22,23)16-9-10-18-17(12-16)20-19(21,24-18)15-8-7-13-5-3-4-6-14(13)11-15/h3-12,20-21H,2H2,1H3. The summed E-state index contributed by atoms with van der Waals surface area (Å²) in [6.07, 6.45) is 0. The fourth-order valence-corrected chi connectivity index (χ4v) is 3.86. The average Bonchev–Trinajstić information content (AvgIpc) is 2.98. The lowest BCUT2D eigenvalue weighted by atomic mass is 10.1. The summed E-state index contributed by atoms with van der Waals surface area (Å²) in [5, 5.41) is 15.8. The van der Waals surface area contributed by atoms with Crippen LogP contribution in [-0.2, 0) is 15.7 Å². The van der Waals surface area contributed by atoms with Crippen molar-refractivity contribution in [2.75, 3.05) is 11.1 Å². The van der Waals surface area contributed by atoms with Gasteiger partial charge < -0.3 is 15.2 Å². The molecule has 0 amide bonds. The van der Waals surface area contributed by atoms with E-state index in [0.717, 1.165) is 10.8 Å². The van der Waals surface area contributed by atoms with Gasteiger partial charge in [0.2, 0.25) is 0 Å². The first-order valence-electron chi connectivity index (χ1n) is 7.97. The van der Waals surface area contributed by atoms with Gasteiger partial charge in [0, 0.05) is 5.56 Å². The third-order valence-corrected chi connectivity index (χ3v) is 6.12. The van der Waals surface area contributed by atoms with Gasteiger partial charge in [-0.15, -0.1) is 0 Å². The van der Waals surface area contributed by atoms with Crippen molar-refractivity contribution in [1.29, 1.82) is 0 Å². The van der Waals surface area contributed by atoms with E-state index in [2.05, 4.69) is 5.32 Å². The molecule has 1 atom stereocenters. The third kappa shape index (κ3) is 2.63. The van der Waals surface area contributed by atoms with E-state index < -0.39 is 15.7 Å². The minimum absolute atomic E-state index is 0.0155. The smallest absolute Gasteiger partial charge is 0.318 e. The Balaban J connectivity index is 1.73. The molecule has 3 aromatic carbocycles. The molecule has 0 fully saturated rings. The van der Waals surface area contributed by atoms with Crippen LogP contribution >= 0.6 is 0 Å². The van der Waals surface area contributed by atoms with Gasteiger partial charge in [-0.2, -0.15) is 0 Å². The van der Waals surface area contributed by atoms with E-state index in [1.54, 1.807) is 19.1 Å². The highest BCUT2D eigenvalue weighted by Crippen LogP contribution is 2.42. The number of hydrogen-bond donors (Lipinski definition) is 2. The van der Waals surface area contributed by atoms with Crippen LogP contribution < -0.4 is 10.1 Å². The highest BCUT2D eigenvalue weighted by Gasteiger charge is 2.39. The zero-order valence-electron chi connectivity index (χ0n) is 13.6. The van der Waals surface area contributed by atoms with E-state index >= 15 is 0 Å². The fraction of sp³-hybridized carbons (Fsp3) is 0.158. The highest BCUT2D eigenvalue weighted by atomic mass is 32.2. The molecule has 1 unspecified atom stereocenters. The molecule has 0 bridgehead atoms. The summed E-state index contributed by atoms with van der Waals surface area (Å²) in [5.74, 6) is -1.31. The number of hydrogen-bond acceptors (Lipinski definition) is 5. The number of anilines is 1. The Morgan fingerprint density at radius 3 is 2.56 bits per heavy atom. The molecule has 128 valence electrons. The van der Waals surface area contributed by atoms with Gasteiger partial charge in [-0.05, 0) is 41.1 Å². The predicted octanol–water partition coefficient (Wildman–Crippen LogP) is 3.24. The van der Waals surface area contributed by atoms with Crippen LogP contribution in [0.2, 0.25) is 0 Å². The molecule has 1 aliphatic heterocycles. The van der Waals surface area contributed by atoms with E-state index in [4.69, 9.17) is 4.74 Å². The number of nitrogens with one attached hydrogen (secondary N) is 1. The molecule has 3 aromatic rings. The van der Waals surface area contributed by atoms with Gasteiger partial charge >= 0.3 is 5.91 Å². The summed E-state index contributed by atoms with van der Waals surface area (Å²) in [6, 6.07) is 17.9. The van der Waals surface area contributed by atoms with Gasteiger partial charge in [0.1, 0.15) is 5.75 Å². The monoisotopic (exact) mass is 355 g/mol. The van der Waals surface area contributed by atoms with Crippen molar-refractivity contribution in [3.05, 3.63) is 66.2 Å². The maximum atomic E-state index is 12.0. The molecule has 0 saturated carbocycles. The average molecular weight is 355 g/mol. The van der Waals surface area contributed by atoms with Crippen molar-refractivity contribution in [3.8, 4) is 5.75 Å². The van der Waals surface area contributed by atoms with Crippen molar-refractivity contribution < 1.29 is 18.3 Å². The topological polar surface area (TPSA) is 75.6 Å².